The number of hydrogen-bond acceptors (Lipinski definition) is 7. The molecule has 36 heavy (non-hydrogen) atoms. The van der Waals surface area contributed by atoms with Crippen LogP contribution in [-0.2, 0) is 10.0 Å². The number of piperazine rings is 1. The number of carbonyl (C=O) groups excluding carboxylic acids is 1. The van der Waals surface area contributed by atoms with Crippen molar-refractivity contribution in [2.24, 2.45) is 0 Å². The molecule has 0 aliphatic carbocycles. The fraction of sp³-hybridized carbons (Fsp3) is 0.160. The SMILES string of the molecule is C=C(c1cscn1)N1CCN(C(=O)c2ccc(NS(=O)(=O)c3cccc4cccnc34)c(F)c2)CC1. The molecule has 0 unspecified atom stereocenters. The number of halogens is 1. The van der Waals surface area contributed by atoms with Crippen LogP contribution in [0.2, 0.25) is 0 Å². The third-order valence-corrected chi connectivity index (χ3v) is 8.01. The van der Waals surface area contributed by atoms with E-state index in [0.717, 1.165) is 17.5 Å². The molecule has 184 valence electrons. The first-order valence-corrected chi connectivity index (χ1v) is 13.5. The van der Waals surface area contributed by atoms with Crippen molar-refractivity contribution in [2.75, 3.05) is 30.9 Å². The zero-order valence-electron chi connectivity index (χ0n) is 19.1. The molecule has 0 atom stereocenters. The summed E-state index contributed by atoms with van der Waals surface area (Å²) in [5.41, 5.74) is 3.57. The molecule has 1 fully saturated rings. The number of anilines is 1. The molecule has 1 amide bonds. The maximum Gasteiger partial charge on any atom is 0.264 e. The predicted octanol–water partition coefficient (Wildman–Crippen LogP) is 4.06. The van der Waals surface area contributed by atoms with Crippen molar-refractivity contribution in [3.8, 4) is 0 Å². The van der Waals surface area contributed by atoms with Crippen LogP contribution in [0.25, 0.3) is 16.6 Å². The number of aromatic nitrogens is 2. The van der Waals surface area contributed by atoms with Crippen LogP contribution in [-0.4, -0.2) is 60.3 Å². The number of pyridine rings is 1. The molecule has 5 rings (SSSR count). The Bertz CT molecular complexity index is 1540. The summed E-state index contributed by atoms with van der Waals surface area (Å²) >= 11 is 1.49. The van der Waals surface area contributed by atoms with Gasteiger partial charge in [-0.25, -0.2) is 17.8 Å². The van der Waals surface area contributed by atoms with Gasteiger partial charge in [0.2, 0.25) is 0 Å². The predicted molar refractivity (Wildman–Crippen MR) is 138 cm³/mol. The van der Waals surface area contributed by atoms with Crippen LogP contribution in [0.4, 0.5) is 10.1 Å². The van der Waals surface area contributed by atoms with Crippen molar-refractivity contribution in [2.45, 2.75) is 4.90 Å². The summed E-state index contributed by atoms with van der Waals surface area (Å²) in [7, 11) is -4.11. The largest absolute Gasteiger partial charge is 0.367 e. The minimum absolute atomic E-state index is 0.0581. The third kappa shape index (κ3) is 4.67. The Morgan fingerprint density at radius 3 is 2.50 bits per heavy atom. The lowest BCUT2D eigenvalue weighted by atomic mass is 10.1. The van der Waals surface area contributed by atoms with E-state index in [-0.39, 0.29) is 27.6 Å². The van der Waals surface area contributed by atoms with Gasteiger partial charge < -0.3 is 9.80 Å². The van der Waals surface area contributed by atoms with Crippen LogP contribution in [0.3, 0.4) is 0 Å². The molecule has 4 aromatic rings. The fourth-order valence-corrected chi connectivity index (χ4v) is 5.91. The summed E-state index contributed by atoms with van der Waals surface area (Å²) in [5, 5.41) is 2.58. The summed E-state index contributed by atoms with van der Waals surface area (Å²) in [6.07, 6.45) is 1.50. The van der Waals surface area contributed by atoms with Crippen molar-refractivity contribution in [3.05, 3.63) is 89.3 Å². The van der Waals surface area contributed by atoms with Crippen molar-refractivity contribution >= 4 is 49.6 Å². The second kappa shape index (κ2) is 9.67. The average molecular weight is 524 g/mol. The molecule has 0 radical (unpaired) electrons. The summed E-state index contributed by atoms with van der Waals surface area (Å²) in [5.74, 6) is -1.16. The summed E-state index contributed by atoms with van der Waals surface area (Å²) < 4.78 is 43.2. The molecule has 8 nitrogen and oxygen atoms in total. The Balaban J connectivity index is 1.28. The fourth-order valence-electron chi connectivity index (χ4n) is 4.10. The minimum Gasteiger partial charge on any atom is -0.367 e. The summed E-state index contributed by atoms with van der Waals surface area (Å²) in [6, 6.07) is 12.0. The van der Waals surface area contributed by atoms with Crippen molar-refractivity contribution in [1.29, 1.82) is 0 Å². The van der Waals surface area contributed by atoms with Gasteiger partial charge in [0, 0.05) is 48.7 Å². The van der Waals surface area contributed by atoms with Crippen molar-refractivity contribution in [1.82, 2.24) is 19.8 Å². The highest BCUT2D eigenvalue weighted by atomic mass is 32.2. The van der Waals surface area contributed by atoms with E-state index in [9.17, 15) is 17.6 Å². The van der Waals surface area contributed by atoms with Crippen LogP contribution >= 0.6 is 11.3 Å². The molecule has 1 saturated heterocycles. The number of amides is 1. The minimum atomic E-state index is -4.11. The van der Waals surface area contributed by atoms with E-state index in [1.807, 2.05) is 5.38 Å². The van der Waals surface area contributed by atoms with Crippen LogP contribution < -0.4 is 4.72 Å². The number of nitrogens with one attached hydrogen (secondary N) is 1. The van der Waals surface area contributed by atoms with Gasteiger partial charge in [0.25, 0.3) is 15.9 Å². The van der Waals surface area contributed by atoms with Crippen LogP contribution in [0.5, 0.6) is 0 Å². The molecule has 1 aliphatic heterocycles. The molecule has 2 aromatic heterocycles. The lowest BCUT2D eigenvalue weighted by Gasteiger charge is -2.36. The topological polar surface area (TPSA) is 95.5 Å². The van der Waals surface area contributed by atoms with Gasteiger partial charge in [0.15, 0.2) is 0 Å². The van der Waals surface area contributed by atoms with E-state index in [1.165, 1.54) is 35.7 Å². The van der Waals surface area contributed by atoms with Gasteiger partial charge in [0.1, 0.15) is 10.7 Å². The number of nitrogens with zero attached hydrogens (tertiary/aromatic N) is 4. The van der Waals surface area contributed by atoms with Crippen molar-refractivity contribution in [3.63, 3.8) is 0 Å². The van der Waals surface area contributed by atoms with E-state index in [2.05, 4.69) is 26.2 Å². The number of thiazole rings is 1. The molecule has 2 aromatic carbocycles. The second-order valence-electron chi connectivity index (χ2n) is 8.23. The highest BCUT2D eigenvalue weighted by Crippen LogP contribution is 2.26. The number of fused-ring (bicyclic) bond motifs is 1. The van der Waals surface area contributed by atoms with Gasteiger partial charge in [-0.15, -0.1) is 11.3 Å². The molecule has 0 bridgehead atoms. The molecule has 3 heterocycles. The van der Waals surface area contributed by atoms with E-state index in [0.29, 0.717) is 31.6 Å². The van der Waals surface area contributed by atoms with Gasteiger partial charge in [-0.2, -0.15) is 0 Å². The highest BCUT2D eigenvalue weighted by molar-refractivity contribution is 7.93. The number of benzene rings is 2. The first-order valence-electron chi connectivity index (χ1n) is 11.1. The molecular weight excluding hydrogens is 501 g/mol. The molecule has 0 spiro atoms. The Hall–Kier alpha value is -3.83. The van der Waals surface area contributed by atoms with Gasteiger partial charge in [-0.1, -0.05) is 24.8 Å². The maximum absolute atomic E-state index is 14.9. The Labute approximate surface area is 211 Å². The Morgan fingerprint density at radius 1 is 1.03 bits per heavy atom. The molecular formula is C25H22FN5O3S2. The quantitative estimate of drug-likeness (QED) is 0.410. The highest BCUT2D eigenvalue weighted by Gasteiger charge is 2.25. The van der Waals surface area contributed by atoms with Gasteiger partial charge in [-0.05, 0) is 30.3 Å². The average Bonchev–Trinajstić information content (AvgIpc) is 3.44. The zero-order chi connectivity index (χ0) is 25.3. The van der Waals surface area contributed by atoms with Crippen LogP contribution in [0.1, 0.15) is 16.1 Å². The first kappa shape index (κ1) is 23.9. The van der Waals surface area contributed by atoms with Crippen molar-refractivity contribution < 1.29 is 17.6 Å². The third-order valence-electron chi connectivity index (χ3n) is 6.02. The smallest absolute Gasteiger partial charge is 0.264 e. The van der Waals surface area contributed by atoms with Crippen LogP contribution in [0.15, 0.2) is 77.1 Å². The number of hydrogen-bond donors (Lipinski definition) is 1. The number of carbonyl (C=O) groups is 1. The van der Waals surface area contributed by atoms with Gasteiger partial charge >= 0.3 is 0 Å². The molecule has 0 saturated carbocycles. The van der Waals surface area contributed by atoms with E-state index < -0.39 is 15.8 Å². The summed E-state index contributed by atoms with van der Waals surface area (Å²) in [6.45, 7) is 6.17. The lowest BCUT2D eigenvalue weighted by molar-refractivity contribution is 0.0685. The Kier molecular flexibility index (Phi) is 6.42. The first-order chi connectivity index (χ1) is 17.3. The molecule has 1 N–H and O–H groups in total. The normalized spacial score (nSPS) is 14.1. The molecule has 11 heteroatoms. The lowest BCUT2D eigenvalue weighted by Crippen LogP contribution is -2.47. The van der Waals surface area contributed by atoms with E-state index >= 15 is 0 Å². The van der Waals surface area contributed by atoms with Gasteiger partial charge in [0.05, 0.1) is 28.1 Å². The van der Waals surface area contributed by atoms with E-state index in [1.54, 1.807) is 34.7 Å². The number of sulfonamides is 1. The zero-order valence-corrected chi connectivity index (χ0v) is 20.7. The maximum atomic E-state index is 14.9. The van der Waals surface area contributed by atoms with Crippen LogP contribution in [0, 0.1) is 5.82 Å². The number of para-hydroxylation sites is 1. The Morgan fingerprint density at radius 2 is 1.78 bits per heavy atom. The van der Waals surface area contributed by atoms with E-state index in [4.69, 9.17) is 0 Å². The number of rotatable bonds is 6. The van der Waals surface area contributed by atoms with Gasteiger partial charge in [-0.3, -0.25) is 14.5 Å². The second-order valence-corrected chi connectivity index (χ2v) is 10.6. The monoisotopic (exact) mass is 523 g/mol. The molecule has 1 aliphatic rings. The summed E-state index contributed by atoms with van der Waals surface area (Å²) in [4.78, 5) is 25.1. The standard InChI is InChI=1S/C25H22FN5O3S2/c1-17(22-15-35-16-28-22)30-10-12-31(13-11-30)25(32)19-7-8-21(20(26)14-19)29-36(33,34)23-6-2-4-18-5-3-9-27-24(18)23/h2-9,14-16,29H,1,10-13H2.